The van der Waals surface area contributed by atoms with Crippen molar-refractivity contribution in [1.82, 2.24) is 4.31 Å². The first kappa shape index (κ1) is 17.5. The lowest BCUT2D eigenvalue weighted by Crippen LogP contribution is -2.29. The number of aryl methyl sites for hydroxylation is 2. The highest BCUT2D eigenvalue weighted by Crippen LogP contribution is 2.47. The minimum Gasteiger partial charge on any atom is -0.507 e. The lowest BCUT2D eigenvalue weighted by Gasteiger charge is -2.24. The van der Waals surface area contributed by atoms with E-state index in [4.69, 9.17) is 0 Å². The molecule has 2 aromatic rings. The highest BCUT2D eigenvalue weighted by atomic mass is 79.9. The smallest absolute Gasteiger partial charge is 0.243 e. The zero-order chi connectivity index (χ0) is 17.6. The number of benzene rings is 2. The average Bonchev–Trinajstić information content (AvgIpc) is 2.94. The summed E-state index contributed by atoms with van der Waals surface area (Å²) in [7, 11) is -3.63. The van der Waals surface area contributed by atoms with E-state index in [0.717, 1.165) is 21.2 Å². The van der Waals surface area contributed by atoms with E-state index in [-0.39, 0.29) is 23.2 Å². The second-order valence-electron chi connectivity index (χ2n) is 6.20. The van der Waals surface area contributed by atoms with Crippen LogP contribution in [-0.2, 0) is 16.6 Å². The van der Waals surface area contributed by atoms with Crippen LogP contribution in [0.15, 0.2) is 39.7 Å². The number of nitrogens with zero attached hydrogens (tertiary/aromatic N) is 1. The third kappa shape index (κ3) is 2.66. The Hall–Kier alpha value is -1.37. The molecular weight excluding hydrogens is 390 g/mol. The molecule has 1 aliphatic heterocycles. The van der Waals surface area contributed by atoms with Crippen LogP contribution in [0.2, 0.25) is 0 Å². The average molecular weight is 410 g/mol. The van der Waals surface area contributed by atoms with Crippen LogP contribution in [0.25, 0.3) is 0 Å². The monoisotopic (exact) mass is 409 g/mol. The maximum Gasteiger partial charge on any atom is 0.243 e. The van der Waals surface area contributed by atoms with Gasteiger partial charge in [0.2, 0.25) is 10.0 Å². The number of phenolic OH excluding ortho intramolecular Hbond substituents is 1. The molecule has 0 amide bonds. The van der Waals surface area contributed by atoms with Crippen molar-refractivity contribution in [3.05, 3.63) is 57.1 Å². The van der Waals surface area contributed by atoms with E-state index in [2.05, 4.69) is 15.9 Å². The summed E-state index contributed by atoms with van der Waals surface area (Å²) >= 11 is 3.54. The summed E-state index contributed by atoms with van der Waals surface area (Å²) in [6.07, 6.45) is 0.638. The van der Waals surface area contributed by atoms with Crippen LogP contribution in [0, 0.1) is 13.8 Å². The Morgan fingerprint density at radius 1 is 1.25 bits per heavy atom. The Balaban J connectivity index is 2.12. The van der Waals surface area contributed by atoms with Gasteiger partial charge < -0.3 is 5.11 Å². The van der Waals surface area contributed by atoms with Gasteiger partial charge in [-0.2, -0.15) is 4.31 Å². The Morgan fingerprint density at radius 3 is 2.46 bits per heavy atom. The standard InChI is InChI=1S/C18H20BrNO3S/c1-4-16-17-14(18(21)12(3)9-15(17)19)10-20(16)24(22,23)13-7-5-11(2)6-8-13/h5-9,16,21H,4,10H2,1-3H3. The van der Waals surface area contributed by atoms with Gasteiger partial charge in [0.1, 0.15) is 5.75 Å². The molecule has 1 heterocycles. The molecule has 2 aromatic carbocycles. The third-order valence-electron chi connectivity index (χ3n) is 4.59. The van der Waals surface area contributed by atoms with Crippen LogP contribution < -0.4 is 0 Å². The summed E-state index contributed by atoms with van der Waals surface area (Å²) in [6.45, 7) is 5.89. The number of rotatable bonds is 3. The molecule has 0 fully saturated rings. The van der Waals surface area contributed by atoms with E-state index in [0.29, 0.717) is 12.0 Å². The van der Waals surface area contributed by atoms with Crippen molar-refractivity contribution in [2.45, 2.75) is 44.7 Å². The first-order chi connectivity index (χ1) is 11.3. The van der Waals surface area contributed by atoms with Crippen LogP contribution in [0.5, 0.6) is 5.75 Å². The molecule has 1 atom stereocenters. The predicted molar refractivity (Wildman–Crippen MR) is 97.5 cm³/mol. The van der Waals surface area contributed by atoms with Crippen LogP contribution >= 0.6 is 15.9 Å². The number of aromatic hydroxyl groups is 1. The quantitative estimate of drug-likeness (QED) is 0.815. The van der Waals surface area contributed by atoms with Crippen molar-refractivity contribution in [3.8, 4) is 5.75 Å². The van der Waals surface area contributed by atoms with Crippen molar-refractivity contribution < 1.29 is 13.5 Å². The third-order valence-corrected chi connectivity index (χ3v) is 7.12. The van der Waals surface area contributed by atoms with Crippen molar-refractivity contribution >= 4 is 26.0 Å². The van der Waals surface area contributed by atoms with Gasteiger partial charge in [0.25, 0.3) is 0 Å². The molecule has 1 aliphatic rings. The fourth-order valence-electron chi connectivity index (χ4n) is 3.28. The number of sulfonamides is 1. The molecule has 4 nitrogen and oxygen atoms in total. The Morgan fingerprint density at radius 2 is 1.88 bits per heavy atom. The minimum absolute atomic E-state index is 0.188. The van der Waals surface area contributed by atoms with E-state index in [1.807, 2.05) is 26.8 Å². The molecule has 0 bridgehead atoms. The molecule has 0 aliphatic carbocycles. The van der Waals surface area contributed by atoms with E-state index < -0.39 is 10.0 Å². The number of phenols is 1. The molecule has 0 saturated heterocycles. The Labute approximate surface area is 151 Å². The summed E-state index contributed by atoms with van der Waals surface area (Å²) in [5, 5.41) is 10.4. The van der Waals surface area contributed by atoms with E-state index in [1.54, 1.807) is 24.3 Å². The molecule has 0 spiro atoms. The van der Waals surface area contributed by atoms with Gasteiger partial charge in [0, 0.05) is 16.6 Å². The lowest BCUT2D eigenvalue weighted by molar-refractivity contribution is 0.341. The van der Waals surface area contributed by atoms with Crippen LogP contribution in [0.3, 0.4) is 0 Å². The number of hydrogen-bond donors (Lipinski definition) is 1. The van der Waals surface area contributed by atoms with Crippen LogP contribution in [0.1, 0.15) is 41.6 Å². The number of hydrogen-bond acceptors (Lipinski definition) is 3. The highest BCUT2D eigenvalue weighted by Gasteiger charge is 2.40. The first-order valence-corrected chi connectivity index (χ1v) is 10.1. The molecule has 1 unspecified atom stereocenters. The highest BCUT2D eigenvalue weighted by molar-refractivity contribution is 9.10. The number of fused-ring (bicyclic) bond motifs is 1. The second kappa shape index (κ2) is 6.17. The van der Waals surface area contributed by atoms with Gasteiger partial charge in [-0.3, -0.25) is 0 Å². The van der Waals surface area contributed by atoms with E-state index >= 15 is 0 Å². The summed E-state index contributed by atoms with van der Waals surface area (Å²) < 4.78 is 28.6. The zero-order valence-corrected chi connectivity index (χ0v) is 16.3. The first-order valence-electron chi connectivity index (χ1n) is 7.86. The van der Waals surface area contributed by atoms with Crippen molar-refractivity contribution in [2.75, 3.05) is 0 Å². The molecule has 0 aromatic heterocycles. The second-order valence-corrected chi connectivity index (χ2v) is 8.95. The molecule has 0 saturated carbocycles. The SMILES string of the molecule is CCC1c2c(Br)cc(C)c(O)c2CN1S(=O)(=O)c1ccc(C)cc1. The summed E-state index contributed by atoms with van der Waals surface area (Å²) in [5.41, 5.74) is 3.33. The largest absolute Gasteiger partial charge is 0.507 e. The van der Waals surface area contributed by atoms with Crippen molar-refractivity contribution in [2.24, 2.45) is 0 Å². The van der Waals surface area contributed by atoms with Crippen molar-refractivity contribution in [3.63, 3.8) is 0 Å². The molecule has 1 N–H and O–H groups in total. The topological polar surface area (TPSA) is 57.6 Å². The molecule has 128 valence electrons. The van der Waals surface area contributed by atoms with Gasteiger partial charge >= 0.3 is 0 Å². The molecule has 0 radical (unpaired) electrons. The van der Waals surface area contributed by atoms with Crippen LogP contribution in [0.4, 0.5) is 0 Å². The molecule has 3 rings (SSSR count). The molecular formula is C18H20BrNO3S. The molecule has 6 heteroatoms. The van der Waals surface area contributed by atoms with E-state index in [1.165, 1.54) is 4.31 Å². The normalized spacial score (nSPS) is 17.9. The predicted octanol–water partition coefficient (Wildman–Crippen LogP) is 4.43. The molecule has 24 heavy (non-hydrogen) atoms. The van der Waals surface area contributed by atoms with Gasteiger partial charge in [0.15, 0.2) is 0 Å². The van der Waals surface area contributed by atoms with Gasteiger partial charge in [-0.25, -0.2) is 8.42 Å². The van der Waals surface area contributed by atoms with Gasteiger partial charge in [-0.1, -0.05) is 40.5 Å². The Bertz CT molecular complexity index is 891. The van der Waals surface area contributed by atoms with E-state index in [9.17, 15) is 13.5 Å². The lowest BCUT2D eigenvalue weighted by atomic mass is 10.00. The maximum atomic E-state index is 13.1. The summed E-state index contributed by atoms with van der Waals surface area (Å²) in [5.74, 6) is 0.188. The van der Waals surface area contributed by atoms with Crippen molar-refractivity contribution in [1.29, 1.82) is 0 Å². The van der Waals surface area contributed by atoms with Gasteiger partial charge in [-0.05, 0) is 49.6 Å². The summed E-state index contributed by atoms with van der Waals surface area (Å²) in [4.78, 5) is 0.284. The van der Waals surface area contributed by atoms with Gasteiger partial charge in [-0.15, -0.1) is 0 Å². The zero-order valence-electron chi connectivity index (χ0n) is 13.9. The number of halogens is 1. The fraction of sp³-hybridized carbons (Fsp3) is 0.333. The van der Waals surface area contributed by atoms with Crippen LogP contribution in [-0.4, -0.2) is 17.8 Å². The minimum atomic E-state index is -3.63. The summed E-state index contributed by atoms with van der Waals surface area (Å²) in [6, 6.07) is 8.44. The van der Waals surface area contributed by atoms with Gasteiger partial charge in [0.05, 0.1) is 10.9 Å². The fourth-order valence-corrected chi connectivity index (χ4v) is 5.77. The Kier molecular flexibility index (Phi) is 4.49. The maximum absolute atomic E-state index is 13.1.